The van der Waals surface area contributed by atoms with E-state index in [1.165, 1.54) is 12.1 Å². The van der Waals surface area contributed by atoms with Gasteiger partial charge in [-0.15, -0.1) is 0 Å². The van der Waals surface area contributed by atoms with Gasteiger partial charge in [0.05, 0.1) is 16.0 Å². The molecule has 0 atom stereocenters. The van der Waals surface area contributed by atoms with Gasteiger partial charge in [0, 0.05) is 11.7 Å². The SMILES string of the molecule is O=C(Nc1cc(Cl)c(F)c(Cl)c1)NC1CCC(C(=O)O)CC1. The number of anilines is 1. The van der Waals surface area contributed by atoms with E-state index in [1.54, 1.807) is 0 Å². The number of hydrogen-bond acceptors (Lipinski definition) is 2. The van der Waals surface area contributed by atoms with Crippen molar-refractivity contribution in [2.24, 2.45) is 5.92 Å². The second kappa shape index (κ2) is 7.15. The highest BCUT2D eigenvalue weighted by molar-refractivity contribution is 6.35. The van der Waals surface area contributed by atoms with Gasteiger partial charge in [0.15, 0.2) is 5.82 Å². The van der Waals surface area contributed by atoms with E-state index in [0.29, 0.717) is 25.7 Å². The van der Waals surface area contributed by atoms with Crippen molar-refractivity contribution in [3.63, 3.8) is 0 Å². The molecular weight excluding hydrogens is 334 g/mol. The molecule has 8 heteroatoms. The summed E-state index contributed by atoms with van der Waals surface area (Å²) in [5.74, 6) is -1.87. The van der Waals surface area contributed by atoms with Gasteiger partial charge in [-0.2, -0.15) is 0 Å². The molecule has 22 heavy (non-hydrogen) atoms. The number of hydrogen-bond donors (Lipinski definition) is 3. The summed E-state index contributed by atoms with van der Waals surface area (Å²) in [6.07, 6.45) is 2.29. The van der Waals surface area contributed by atoms with Crippen LogP contribution in [0, 0.1) is 11.7 Å². The number of rotatable bonds is 3. The fourth-order valence-corrected chi connectivity index (χ4v) is 2.95. The number of carbonyl (C=O) groups is 2. The summed E-state index contributed by atoms with van der Waals surface area (Å²) in [5, 5.41) is 13.9. The van der Waals surface area contributed by atoms with Crippen LogP contribution in [0.2, 0.25) is 10.0 Å². The summed E-state index contributed by atoms with van der Waals surface area (Å²) in [6.45, 7) is 0. The Balaban J connectivity index is 1.88. The largest absolute Gasteiger partial charge is 0.481 e. The Morgan fingerprint density at radius 3 is 2.18 bits per heavy atom. The number of carbonyl (C=O) groups excluding carboxylic acids is 1. The fraction of sp³-hybridized carbons (Fsp3) is 0.429. The molecule has 0 radical (unpaired) electrons. The summed E-state index contributed by atoms with van der Waals surface area (Å²) in [6, 6.07) is 1.99. The minimum Gasteiger partial charge on any atom is -0.481 e. The molecule has 0 bridgehead atoms. The summed E-state index contributed by atoms with van der Waals surface area (Å²) < 4.78 is 13.3. The maximum atomic E-state index is 13.3. The van der Waals surface area contributed by atoms with Gasteiger partial charge in [0.25, 0.3) is 0 Å². The van der Waals surface area contributed by atoms with Gasteiger partial charge in [-0.1, -0.05) is 23.2 Å². The smallest absolute Gasteiger partial charge is 0.319 e. The van der Waals surface area contributed by atoms with Crippen LogP contribution in [-0.2, 0) is 4.79 Å². The van der Waals surface area contributed by atoms with Crippen molar-refractivity contribution in [3.05, 3.63) is 28.0 Å². The lowest BCUT2D eigenvalue weighted by atomic mass is 9.86. The van der Waals surface area contributed by atoms with Crippen molar-refractivity contribution in [1.82, 2.24) is 5.32 Å². The lowest BCUT2D eigenvalue weighted by Gasteiger charge is -2.26. The van der Waals surface area contributed by atoms with Crippen LogP contribution >= 0.6 is 23.2 Å². The minimum absolute atomic E-state index is 0.0815. The molecule has 5 nitrogen and oxygen atoms in total. The van der Waals surface area contributed by atoms with E-state index in [1.807, 2.05) is 0 Å². The molecule has 0 heterocycles. The second-order valence-corrected chi connectivity index (χ2v) is 6.05. The summed E-state index contributed by atoms with van der Waals surface area (Å²) in [4.78, 5) is 22.7. The number of urea groups is 1. The molecule has 0 aromatic heterocycles. The summed E-state index contributed by atoms with van der Waals surface area (Å²) in [5.41, 5.74) is 0.285. The highest BCUT2D eigenvalue weighted by atomic mass is 35.5. The third-order valence-electron chi connectivity index (χ3n) is 3.65. The van der Waals surface area contributed by atoms with Crippen molar-refractivity contribution in [2.45, 2.75) is 31.7 Å². The number of aliphatic carboxylic acids is 1. The zero-order valence-electron chi connectivity index (χ0n) is 11.5. The lowest BCUT2D eigenvalue weighted by Crippen LogP contribution is -2.41. The number of halogens is 3. The van der Waals surface area contributed by atoms with Gasteiger partial charge < -0.3 is 15.7 Å². The third-order valence-corrected chi connectivity index (χ3v) is 4.20. The van der Waals surface area contributed by atoms with Gasteiger partial charge in [-0.05, 0) is 37.8 Å². The van der Waals surface area contributed by atoms with Gasteiger partial charge in [-0.25, -0.2) is 9.18 Å². The highest BCUT2D eigenvalue weighted by Gasteiger charge is 2.26. The van der Waals surface area contributed by atoms with Crippen molar-refractivity contribution >= 4 is 40.9 Å². The normalized spacial score (nSPS) is 21.2. The minimum atomic E-state index is -0.793. The van der Waals surface area contributed by atoms with Crippen molar-refractivity contribution in [1.29, 1.82) is 0 Å². The van der Waals surface area contributed by atoms with Crippen molar-refractivity contribution < 1.29 is 19.1 Å². The molecular formula is C14H15Cl2FN2O3. The molecule has 120 valence electrons. The zero-order chi connectivity index (χ0) is 16.3. The van der Waals surface area contributed by atoms with Gasteiger partial charge in [0.1, 0.15) is 0 Å². The molecule has 0 saturated heterocycles. The van der Waals surface area contributed by atoms with E-state index in [0.717, 1.165) is 0 Å². The van der Waals surface area contributed by atoms with Crippen molar-refractivity contribution in [3.8, 4) is 0 Å². The fourth-order valence-electron chi connectivity index (χ4n) is 2.46. The molecule has 2 rings (SSSR count). The van der Waals surface area contributed by atoms with Crippen LogP contribution in [0.3, 0.4) is 0 Å². The third kappa shape index (κ3) is 4.24. The highest BCUT2D eigenvalue weighted by Crippen LogP contribution is 2.28. The predicted molar refractivity (Wildman–Crippen MR) is 82.0 cm³/mol. The molecule has 2 amide bonds. The Morgan fingerprint density at radius 1 is 1.14 bits per heavy atom. The standard InChI is InChI=1S/C14H15Cl2FN2O3/c15-10-5-9(6-11(16)12(10)17)19-14(22)18-8-3-1-7(2-4-8)13(20)21/h5-8H,1-4H2,(H,20,21)(H2,18,19,22). The van der Waals surface area contributed by atoms with Crippen LogP contribution < -0.4 is 10.6 Å². The summed E-state index contributed by atoms with van der Waals surface area (Å²) in [7, 11) is 0. The topological polar surface area (TPSA) is 78.4 Å². The number of benzene rings is 1. The molecule has 1 aliphatic carbocycles. The molecule has 0 spiro atoms. The monoisotopic (exact) mass is 348 g/mol. The zero-order valence-corrected chi connectivity index (χ0v) is 13.0. The molecule has 1 saturated carbocycles. The lowest BCUT2D eigenvalue weighted by molar-refractivity contribution is -0.142. The van der Waals surface area contributed by atoms with E-state index in [9.17, 15) is 14.0 Å². The maximum absolute atomic E-state index is 13.3. The van der Waals surface area contributed by atoms with E-state index in [2.05, 4.69) is 10.6 Å². The van der Waals surface area contributed by atoms with Crippen LogP contribution in [0.25, 0.3) is 0 Å². The van der Waals surface area contributed by atoms with Crippen LogP contribution in [0.4, 0.5) is 14.9 Å². The van der Waals surface area contributed by atoms with E-state index < -0.39 is 17.8 Å². The van der Waals surface area contributed by atoms with E-state index in [4.69, 9.17) is 28.3 Å². The number of carboxylic acids is 1. The van der Waals surface area contributed by atoms with Crippen LogP contribution in [0.1, 0.15) is 25.7 Å². The van der Waals surface area contributed by atoms with E-state index >= 15 is 0 Å². The first-order chi connectivity index (χ1) is 10.4. The first-order valence-electron chi connectivity index (χ1n) is 6.81. The average Bonchev–Trinajstić information content (AvgIpc) is 2.45. The first kappa shape index (κ1) is 16.8. The number of amides is 2. The average molecular weight is 349 g/mol. The first-order valence-corrected chi connectivity index (χ1v) is 7.57. The molecule has 3 N–H and O–H groups in total. The van der Waals surface area contributed by atoms with Gasteiger partial charge in [-0.3, -0.25) is 4.79 Å². The molecule has 0 aliphatic heterocycles. The van der Waals surface area contributed by atoms with E-state index in [-0.39, 0.29) is 27.7 Å². The van der Waals surface area contributed by atoms with Crippen LogP contribution in [-0.4, -0.2) is 23.1 Å². The molecule has 1 aromatic carbocycles. The van der Waals surface area contributed by atoms with Crippen LogP contribution in [0.15, 0.2) is 12.1 Å². The van der Waals surface area contributed by atoms with Crippen LogP contribution in [0.5, 0.6) is 0 Å². The van der Waals surface area contributed by atoms with Gasteiger partial charge in [0.2, 0.25) is 0 Å². The Labute approximate surface area is 136 Å². The Bertz CT molecular complexity index is 566. The quantitative estimate of drug-likeness (QED) is 0.725. The Morgan fingerprint density at radius 2 is 1.68 bits per heavy atom. The van der Waals surface area contributed by atoms with Crippen molar-refractivity contribution in [2.75, 3.05) is 5.32 Å². The Hall–Kier alpha value is -1.53. The Kier molecular flexibility index (Phi) is 5.47. The number of nitrogens with one attached hydrogen (secondary N) is 2. The second-order valence-electron chi connectivity index (χ2n) is 5.24. The molecule has 0 unspecified atom stereocenters. The maximum Gasteiger partial charge on any atom is 0.319 e. The number of carboxylic acid groups (broad SMARTS) is 1. The predicted octanol–water partition coefficient (Wildman–Crippen LogP) is 3.90. The molecule has 1 aliphatic rings. The van der Waals surface area contributed by atoms with Gasteiger partial charge >= 0.3 is 12.0 Å². The summed E-state index contributed by atoms with van der Waals surface area (Å²) >= 11 is 11.3. The molecule has 1 fully saturated rings. The molecule has 1 aromatic rings.